The molecule has 1 aromatic carbocycles. The van der Waals surface area contributed by atoms with Gasteiger partial charge in [-0.3, -0.25) is 9.69 Å². The van der Waals surface area contributed by atoms with Gasteiger partial charge in [-0.2, -0.15) is 0 Å². The van der Waals surface area contributed by atoms with Gasteiger partial charge in [-0.25, -0.2) is 4.39 Å². The third-order valence-corrected chi connectivity index (χ3v) is 4.12. The highest BCUT2D eigenvalue weighted by molar-refractivity contribution is 5.81. The quantitative estimate of drug-likeness (QED) is 0.866. The van der Waals surface area contributed by atoms with Crippen molar-refractivity contribution in [1.29, 1.82) is 0 Å². The molecule has 1 aromatic rings. The fourth-order valence-electron chi connectivity index (χ4n) is 2.70. The molecule has 4 nitrogen and oxygen atoms in total. The molecule has 0 aliphatic carbocycles. The predicted molar refractivity (Wildman–Crippen MR) is 79.1 cm³/mol. The lowest BCUT2D eigenvalue weighted by Gasteiger charge is -2.35. The van der Waals surface area contributed by atoms with Crippen molar-refractivity contribution in [2.75, 3.05) is 19.7 Å². The standard InChI is InChI=1S/C16H23FN2O2/c1-12(19-8-2-3-14(10-19)11-20)16(21)18-9-13-4-6-15(17)7-5-13/h4-7,12,14,20H,2-3,8-11H2,1H3,(H,18,21). The van der Waals surface area contributed by atoms with Crippen LogP contribution >= 0.6 is 0 Å². The van der Waals surface area contributed by atoms with Crippen molar-refractivity contribution >= 4 is 5.91 Å². The van der Waals surface area contributed by atoms with Crippen LogP contribution in [0.5, 0.6) is 0 Å². The Morgan fingerprint density at radius 3 is 2.86 bits per heavy atom. The van der Waals surface area contributed by atoms with Crippen LogP contribution in [0.1, 0.15) is 25.3 Å². The number of nitrogens with one attached hydrogen (secondary N) is 1. The summed E-state index contributed by atoms with van der Waals surface area (Å²) in [5.41, 5.74) is 0.879. The molecule has 5 heteroatoms. The van der Waals surface area contributed by atoms with Crippen molar-refractivity contribution in [3.63, 3.8) is 0 Å². The van der Waals surface area contributed by atoms with E-state index >= 15 is 0 Å². The largest absolute Gasteiger partial charge is 0.396 e. The van der Waals surface area contributed by atoms with Gasteiger partial charge in [0.25, 0.3) is 0 Å². The van der Waals surface area contributed by atoms with Crippen molar-refractivity contribution in [2.45, 2.75) is 32.4 Å². The van der Waals surface area contributed by atoms with E-state index in [1.54, 1.807) is 12.1 Å². The fraction of sp³-hybridized carbons (Fsp3) is 0.562. The minimum Gasteiger partial charge on any atom is -0.396 e. The molecular formula is C16H23FN2O2. The van der Waals surface area contributed by atoms with Gasteiger partial charge in [-0.1, -0.05) is 12.1 Å². The number of aliphatic hydroxyl groups excluding tert-OH is 1. The number of amides is 1. The molecule has 1 aliphatic rings. The zero-order valence-corrected chi connectivity index (χ0v) is 12.4. The molecule has 0 bridgehead atoms. The average molecular weight is 294 g/mol. The van der Waals surface area contributed by atoms with Crippen molar-refractivity contribution < 1.29 is 14.3 Å². The van der Waals surface area contributed by atoms with Crippen molar-refractivity contribution in [3.05, 3.63) is 35.6 Å². The molecule has 0 aromatic heterocycles. The first-order chi connectivity index (χ1) is 10.1. The third-order valence-electron chi connectivity index (χ3n) is 4.12. The summed E-state index contributed by atoms with van der Waals surface area (Å²) in [6.45, 7) is 4.13. The van der Waals surface area contributed by atoms with E-state index in [0.717, 1.165) is 31.5 Å². The van der Waals surface area contributed by atoms with Gasteiger partial charge in [-0.05, 0) is 49.9 Å². The van der Waals surface area contributed by atoms with Crippen molar-refractivity contribution in [2.24, 2.45) is 5.92 Å². The van der Waals surface area contributed by atoms with E-state index in [4.69, 9.17) is 0 Å². The Hall–Kier alpha value is -1.46. The maximum atomic E-state index is 12.8. The second-order valence-corrected chi connectivity index (χ2v) is 5.71. The molecule has 2 rings (SSSR count). The Morgan fingerprint density at radius 1 is 1.48 bits per heavy atom. The summed E-state index contributed by atoms with van der Waals surface area (Å²) in [4.78, 5) is 14.3. The number of carbonyl (C=O) groups excluding carboxylic acids is 1. The molecule has 1 aliphatic heterocycles. The van der Waals surface area contributed by atoms with Gasteiger partial charge < -0.3 is 10.4 Å². The maximum absolute atomic E-state index is 12.8. The van der Waals surface area contributed by atoms with Gasteiger partial charge in [0.1, 0.15) is 5.82 Å². The van der Waals surface area contributed by atoms with E-state index in [1.165, 1.54) is 12.1 Å². The Bertz CT molecular complexity index is 464. The second kappa shape index (κ2) is 7.52. The third kappa shape index (κ3) is 4.51. The van der Waals surface area contributed by atoms with Gasteiger partial charge in [0, 0.05) is 19.7 Å². The Kier molecular flexibility index (Phi) is 5.70. The lowest BCUT2D eigenvalue weighted by Crippen LogP contribution is -2.49. The molecule has 0 saturated carbocycles. The minimum absolute atomic E-state index is 0.0297. The summed E-state index contributed by atoms with van der Waals surface area (Å²) in [5, 5.41) is 12.1. The number of likely N-dealkylation sites (tertiary alicyclic amines) is 1. The number of benzene rings is 1. The molecule has 1 saturated heterocycles. The van der Waals surface area contributed by atoms with Crippen LogP contribution in [0.3, 0.4) is 0 Å². The van der Waals surface area contributed by atoms with Gasteiger partial charge in [0.15, 0.2) is 0 Å². The highest BCUT2D eigenvalue weighted by atomic mass is 19.1. The fourth-order valence-corrected chi connectivity index (χ4v) is 2.70. The lowest BCUT2D eigenvalue weighted by molar-refractivity contribution is -0.126. The van der Waals surface area contributed by atoms with Gasteiger partial charge in [0.2, 0.25) is 5.91 Å². The number of aliphatic hydroxyl groups is 1. The van der Waals surface area contributed by atoms with Gasteiger partial charge in [0.05, 0.1) is 6.04 Å². The van der Waals surface area contributed by atoms with Crippen LogP contribution < -0.4 is 5.32 Å². The normalized spacial score (nSPS) is 21.0. The number of halogens is 1. The summed E-state index contributed by atoms with van der Waals surface area (Å²) in [6, 6.07) is 5.91. The molecule has 116 valence electrons. The van der Waals surface area contributed by atoms with Crippen molar-refractivity contribution in [1.82, 2.24) is 10.2 Å². The van der Waals surface area contributed by atoms with Crippen LogP contribution in [0.15, 0.2) is 24.3 Å². The number of nitrogens with zero attached hydrogens (tertiary/aromatic N) is 1. The van der Waals surface area contributed by atoms with Crippen LogP contribution in [0.4, 0.5) is 4.39 Å². The summed E-state index contributed by atoms with van der Waals surface area (Å²) in [6.07, 6.45) is 2.04. The minimum atomic E-state index is -0.276. The smallest absolute Gasteiger partial charge is 0.237 e. The highest BCUT2D eigenvalue weighted by Crippen LogP contribution is 2.18. The van der Waals surface area contributed by atoms with Crippen LogP contribution in [0.2, 0.25) is 0 Å². The van der Waals surface area contributed by atoms with E-state index in [1.807, 2.05) is 6.92 Å². The Morgan fingerprint density at radius 2 is 2.19 bits per heavy atom. The average Bonchev–Trinajstić information content (AvgIpc) is 2.53. The SMILES string of the molecule is CC(C(=O)NCc1ccc(F)cc1)N1CCCC(CO)C1. The first-order valence-electron chi connectivity index (χ1n) is 7.47. The van der Waals surface area contributed by atoms with Crippen LogP contribution in [0, 0.1) is 11.7 Å². The number of carbonyl (C=O) groups is 1. The summed E-state index contributed by atoms with van der Waals surface area (Å²) in [5.74, 6) is -0.0363. The van der Waals surface area contributed by atoms with E-state index < -0.39 is 0 Å². The molecule has 21 heavy (non-hydrogen) atoms. The lowest BCUT2D eigenvalue weighted by atomic mass is 9.97. The molecule has 1 heterocycles. The van der Waals surface area contributed by atoms with E-state index in [2.05, 4.69) is 10.2 Å². The zero-order valence-electron chi connectivity index (χ0n) is 12.4. The number of hydrogen-bond acceptors (Lipinski definition) is 3. The first-order valence-corrected chi connectivity index (χ1v) is 7.47. The maximum Gasteiger partial charge on any atom is 0.237 e. The molecule has 1 amide bonds. The molecule has 2 N–H and O–H groups in total. The summed E-state index contributed by atoms with van der Waals surface area (Å²) in [7, 11) is 0. The van der Waals surface area contributed by atoms with Crippen LogP contribution in [0.25, 0.3) is 0 Å². The highest BCUT2D eigenvalue weighted by Gasteiger charge is 2.26. The molecule has 1 fully saturated rings. The van der Waals surface area contributed by atoms with Crippen molar-refractivity contribution in [3.8, 4) is 0 Å². The van der Waals surface area contributed by atoms with Gasteiger partial charge >= 0.3 is 0 Å². The number of rotatable bonds is 5. The van der Waals surface area contributed by atoms with Crippen LogP contribution in [-0.2, 0) is 11.3 Å². The molecule has 0 spiro atoms. The topological polar surface area (TPSA) is 52.6 Å². The number of piperidine rings is 1. The van der Waals surface area contributed by atoms with Gasteiger partial charge in [-0.15, -0.1) is 0 Å². The van der Waals surface area contributed by atoms with E-state index in [-0.39, 0.29) is 30.3 Å². The molecule has 0 radical (unpaired) electrons. The molecule has 2 unspecified atom stereocenters. The summed E-state index contributed by atoms with van der Waals surface area (Å²) >= 11 is 0. The monoisotopic (exact) mass is 294 g/mol. The zero-order chi connectivity index (χ0) is 15.2. The van der Waals surface area contributed by atoms with E-state index in [0.29, 0.717) is 6.54 Å². The van der Waals surface area contributed by atoms with Crippen LogP contribution in [-0.4, -0.2) is 41.7 Å². The summed E-state index contributed by atoms with van der Waals surface area (Å²) < 4.78 is 12.8. The Labute approximate surface area is 125 Å². The second-order valence-electron chi connectivity index (χ2n) is 5.71. The van der Waals surface area contributed by atoms with E-state index in [9.17, 15) is 14.3 Å². The molecule has 2 atom stereocenters. The Balaban J connectivity index is 1.83. The first kappa shape index (κ1) is 15.9. The molecular weight excluding hydrogens is 271 g/mol. The predicted octanol–water partition coefficient (Wildman–Crippen LogP) is 1.53. The number of hydrogen-bond donors (Lipinski definition) is 2.